The number of carbonyl (C=O) groups excluding carboxylic acids is 3. The predicted molar refractivity (Wildman–Crippen MR) is 104 cm³/mol. The number of amides is 3. The summed E-state index contributed by atoms with van der Waals surface area (Å²) in [6.07, 6.45) is 0.437. The minimum Gasteiger partial charge on any atom is -0.345 e. The molecular weight excluding hydrogens is 364 g/mol. The van der Waals surface area contributed by atoms with E-state index in [4.69, 9.17) is 4.98 Å². The molecule has 3 heterocycles. The number of hydrogen-bond donors (Lipinski definition) is 0. The highest BCUT2D eigenvalue weighted by Gasteiger charge is 2.32. The molecule has 8 heteroatoms. The van der Waals surface area contributed by atoms with Crippen LogP contribution in [0.25, 0.3) is 10.2 Å². The molecule has 0 atom stereocenters. The molecule has 0 spiro atoms. The summed E-state index contributed by atoms with van der Waals surface area (Å²) in [6, 6.07) is 4.24. The van der Waals surface area contributed by atoms with E-state index in [9.17, 15) is 14.4 Å². The Bertz CT molecular complexity index is 914. The van der Waals surface area contributed by atoms with Gasteiger partial charge in [0, 0.05) is 39.0 Å². The van der Waals surface area contributed by atoms with E-state index in [1.54, 1.807) is 16.2 Å². The predicted octanol–water partition coefficient (Wildman–Crippen LogP) is 1.71. The Kier molecular flexibility index (Phi) is 4.59. The Morgan fingerprint density at radius 3 is 2.41 bits per heavy atom. The Balaban J connectivity index is 1.40. The van der Waals surface area contributed by atoms with Crippen LogP contribution in [0.1, 0.15) is 24.0 Å². The Labute approximate surface area is 161 Å². The maximum atomic E-state index is 12.5. The molecule has 2 saturated heterocycles. The van der Waals surface area contributed by atoms with Gasteiger partial charge in [0.25, 0.3) is 0 Å². The summed E-state index contributed by atoms with van der Waals surface area (Å²) in [7, 11) is 0. The molecule has 2 aliphatic heterocycles. The topological polar surface area (TPSA) is 73.8 Å². The maximum absolute atomic E-state index is 12.5. The van der Waals surface area contributed by atoms with Crippen molar-refractivity contribution in [1.29, 1.82) is 0 Å². The summed E-state index contributed by atoms with van der Waals surface area (Å²) >= 11 is 1.68. The van der Waals surface area contributed by atoms with E-state index in [1.807, 2.05) is 0 Å². The average molecular weight is 386 g/mol. The van der Waals surface area contributed by atoms with E-state index < -0.39 is 0 Å². The number of carbonyl (C=O) groups is 3. The van der Waals surface area contributed by atoms with Gasteiger partial charge in [0.2, 0.25) is 17.7 Å². The molecule has 0 radical (unpaired) electrons. The number of nitrogens with zero attached hydrogens (tertiary/aromatic N) is 4. The molecule has 1 aromatic carbocycles. The van der Waals surface area contributed by atoms with Gasteiger partial charge in [0.15, 0.2) is 5.13 Å². The quantitative estimate of drug-likeness (QED) is 0.751. The van der Waals surface area contributed by atoms with Gasteiger partial charge in [-0.3, -0.25) is 19.3 Å². The third kappa shape index (κ3) is 3.29. The number of imide groups is 1. The fourth-order valence-corrected chi connectivity index (χ4v) is 4.61. The molecule has 0 saturated carbocycles. The SMILES string of the molecule is Cc1ccc2sc(N3CCN(C(=O)CN4C(=O)CCC4=O)CC3)nc2c1C. The highest BCUT2D eigenvalue weighted by Crippen LogP contribution is 2.32. The summed E-state index contributed by atoms with van der Waals surface area (Å²) in [5, 5.41) is 0.982. The molecule has 4 rings (SSSR count). The molecule has 0 N–H and O–H groups in total. The number of benzene rings is 1. The van der Waals surface area contributed by atoms with Crippen LogP contribution >= 0.6 is 11.3 Å². The van der Waals surface area contributed by atoms with E-state index in [-0.39, 0.29) is 37.1 Å². The van der Waals surface area contributed by atoms with Crippen molar-refractivity contribution in [2.45, 2.75) is 26.7 Å². The second-order valence-electron chi connectivity index (χ2n) is 7.09. The second kappa shape index (κ2) is 6.92. The number of aryl methyl sites for hydroxylation is 2. The molecule has 142 valence electrons. The standard InChI is InChI=1S/C19H22N4O3S/c1-12-3-4-14-18(13(12)2)20-19(27-14)22-9-7-21(8-10-22)17(26)11-23-15(24)5-6-16(23)25/h3-4H,5-11H2,1-2H3. The number of thiazole rings is 1. The molecule has 27 heavy (non-hydrogen) atoms. The number of anilines is 1. The van der Waals surface area contributed by atoms with E-state index in [0.717, 1.165) is 15.5 Å². The summed E-state index contributed by atoms with van der Waals surface area (Å²) in [4.78, 5) is 45.7. The second-order valence-corrected chi connectivity index (χ2v) is 8.10. The minimum atomic E-state index is -0.243. The first-order valence-corrected chi connectivity index (χ1v) is 9.98. The molecule has 2 fully saturated rings. The van der Waals surface area contributed by atoms with Gasteiger partial charge >= 0.3 is 0 Å². The van der Waals surface area contributed by atoms with Gasteiger partial charge in [-0.2, -0.15) is 0 Å². The lowest BCUT2D eigenvalue weighted by Crippen LogP contribution is -2.51. The van der Waals surface area contributed by atoms with Gasteiger partial charge < -0.3 is 9.80 Å². The Morgan fingerprint density at radius 2 is 1.74 bits per heavy atom. The van der Waals surface area contributed by atoms with Crippen molar-refractivity contribution < 1.29 is 14.4 Å². The normalized spacial score (nSPS) is 18.1. The number of hydrogen-bond acceptors (Lipinski definition) is 6. The van der Waals surface area contributed by atoms with Gasteiger partial charge in [-0.15, -0.1) is 0 Å². The van der Waals surface area contributed by atoms with Gasteiger partial charge in [-0.25, -0.2) is 4.98 Å². The van der Waals surface area contributed by atoms with E-state index in [1.165, 1.54) is 15.8 Å². The van der Waals surface area contributed by atoms with Crippen molar-refractivity contribution in [3.8, 4) is 0 Å². The van der Waals surface area contributed by atoms with Crippen LogP contribution in [0.5, 0.6) is 0 Å². The summed E-state index contributed by atoms with van der Waals surface area (Å²) in [5.41, 5.74) is 3.50. The first kappa shape index (κ1) is 17.9. The van der Waals surface area contributed by atoms with Crippen molar-refractivity contribution in [2.75, 3.05) is 37.6 Å². The molecule has 2 aliphatic rings. The molecule has 2 aromatic rings. The first-order valence-electron chi connectivity index (χ1n) is 9.16. The summed E-state index contributed by atoms with van der Waals surface area (Å²) in [5.74, 6) is -0.645. The smallest absolute Gasteiger partial charge is 0.242 e. The lowest BCUT2D eigenvalue weighted by molar-refractivity contribution is -0.145. The zero-order valence-electron chi connectivity index (χ0n) is 15.5. The van der Waals surface area contributed by atoms with Gasteiger partial charge in [-0.05, 0) is 31.0 Å². The number of piperazine rings is 1. The lowest BCUT2D eigenvalue weighted by atomic mass is 10.1. The number of likely N-dealkylation sites (tertiary alicyclic amines) is 1. The van der Waals surface area contributed by atoms with Gasteiger partial charge in [0.1, 0.15) is 6.54 Å². The summed E-state index contributed by atoms with van der Waals surface area (Å²) in [6.45, 7) is 6.60. The van der Waals surface area contributed by atoms with Crippen molar-refractivity contribution in [3.63, 3.8) is 0 Å². The van der Waals surface area contributed by atoms with Crippen LogP contribution in [0.2, 0.25) is 0 Å². The lowest BCUT2D eigenvalue weighted by Gasteiger charge is -2.35. The van der Waals surface area contributed by atoms with Crippen LogP contribution in [0.4, 0.5) is 5.13 Å². The van der Waals surface area contributed by atoms with E-state index >= 15 is 0 Å². The van der Waals surface area contributed by atoms with Gasteiger partial charge in [-0.1, -0.05) is 17.4 Å². The largest absolute Gasteiger partial charge is 0.345 e. The number of rotatable bonds is 3. The highest BCUT2D eigenvalue weighted by molar-refractivity contribution is 7.22. The Hall–Kier alpha value is -2.48. The molecule has 0 bridgehead atoms. The minimum absolute atomic E-state index is 0.128. The van der Waals surface area contributed by atoms with E-state index in [2.05, 4.69) is 30.9 Å². The molecule has 0 aliphatic carbocycles. The number of aromatic nitrogens is 1. The molecule has 7 nitrogen and oxygen atoms in total. The fourth-order valence-electron chi connectivity index (χ4n) is 3.53. The molecule has 0 unspecified atom stereocenters. The maximum Gasteiger partial charge on any atom is 0.242 e. The van der Waals surface area contributed by atoms with Crippen molar-refractivity contribution >= 4 is 44.4 Å². The van der Waals surface area contributed by atoms with Crippen LogP contribution in [0.3, 0.4) is 0 Å². The van der Waals surface area contributed by atoms with Crippen LogP contribution in [-0.2, 0) is 14.4 Å². The van der Waals surface area contributed by atoms with Crippen LogP contribution in [0.15, 0.2) is 12.1 Å². The molecular formula is C19H22N4O3S. The molecule has 1 aromatic heterocycles. The van der Waals surface area contributed by atoms with Gasteiger partial charge in [0.05, 0.1) is 10.2 Å². The van der Waals surface area contributed by atoms with E-state index in [0.29, 0.717) is 26.2 Å². The van der Waals surface area contributed by atoms with Crippen LogP contribution in [-0.4, -0.2) is 65.2 Å². The van der Waals surface area contributed by atoms with Crippen molar-refractivity contribution in [2.24, 2.45) is 0 Å². The van der Waals surface area contributed by atoms with Crippen molar-refractivity contribution in [1.82, 2.24) is 14.8 Å². The molecule has 3 amide bonds. The number of fused-ring (bicyclic) bond motifs is 1. The zero-order chi connectivity index (χ0) is 19.1. The monoisotopic (exact) mass is 386 g/mol. The summed E-state index contributed by atoms with van der Waals surface area (Å²) < 4.78 is 1.18. The Morgan fingerprint density at radius 1 is 1.07 bits per heavy atom. The third-order valence-electron chi connectivity index (χ3n) is 5.42. The van der Waals surface area contributed by atoms with Crippen molar-refractivity contribution in [3.05, 3.63) is 23.3 Å². The average Bonchev–Trinajstić information content (AvgIpc) is 3.24. The van der Waals surface area contributed by atoms with Crippen LogP contribution in [0, 0.1) is 13.8 Å². The first-order chi connectivity index (χ1) is 12.9. The fraction of sp³-hybridized carbons (Fsp3) is 0.474. The highest BCUT2D eigenvalue weighted by atomic mass is 32.1. The van der Waals surface area contributed by atoms with Crippen LogP contribution < -0.4 is 4.90 Å². The zero-order valence-corrected chi connectivity index (χ0v) is 16.3. The third-order valence-corrected chi connectivity index (χ3v) is 6.51.